The highest BCUT2D eigenvalue weighted by atomic mass is 32.1. The monoisotopic (exact) mass is 308 g/mol. The van der Waals surface area contributed by atoms with Crippen LogP contribution in [0.1, 0.15) is 42.3 Å². The highest BCUT2D eigenvalue weighted by molar-refractivity contribution is 7.12. The lowest BCUT2D eigenvalue weighted by Crippen LogP contribution is -2.48. The van der Waals surface area contributed by atoms with E-state index in [1.807, 2.05) is 11.4 Å². The maximum atomic E-state index is 12.9. The van der Waals surface area contributed by atoms with E-state index in [-0.39, 0.29) is 5.91 Å². The standard InChI is InChI=1S/C16H24N2O2S/c1-3-17-9-4-6-12(17)13-7-5-10-18(13)16(19)15-14(20-2)8-11-21-15/h8,11-13H,3-7,9-10H2,1-2H3/t12-,13+/m0/s1. The molecule has 1 aromatic rings. The second-order valence-electron chi connectivity index (χ2n) is 5.86. The Kier molecular flexibility index (Phi) is 4.50. The number of carbonyl (C=O) groups excluding carboxylic acids is 1. The first-order chi connectivity index (χ1) is 10.3. The molecule has 116 valence electrons. The second kappa shape index (κ2) is 6.36. The molecule has 0 saturated carbocycles. The summed E-state index contributed by atoms with van der Waals surface area (Å²) in [6.07, 6.45) is 4.75. The van der Waals surface area contributed by atoms with Crippen molar-refractivity contribution in [2.24, 2.45) is 0 Å². The van der Waals surface area contributed by atoms with Crippen LogP contribution in [0.25, 0.3) is 0 Å². The molecule has 0 spiro atoms. The van der Waals surface area contributed by atoms with Gasteiger partial charge in [0.1, 0.15) is 10.6 Å². The second-order valence-corrected chi connectivity index (χ2v) is 6.78. The Morgan fingerprint density at radius 3 is 2.86 bits per heavy atom. The van der Waals surface area contributed by atoms with Crippen molar-refractivity contribution in [3.63, 3.8) is 0 Å². The number of amides is 1. The molecule has 2 aliphatic rings. The molecule has 0 N–H and O–H groups in total. The third-order valence-electron chi connectivity index (χ3n) is 4.87. The molecule has 0 unspecified atom stereocenters. The van der Waals surface area contributed by atoms with Crippen LogP contribution in [0.2, 0.25) is 0 Å². The normalized spacial score (nSPS) is 26.5. The molecule has 21 heavy (non-hydrogen) atoms. The molecular formula is C16H24N2O2S. The van der Waals surface area contributed by atoms with Crippen LogP contribution in [0.5, 0.6) is 5.75 Å². The Labute approximate surface area is 130 Å². The molecule has 2 aliphatic heterocycles. The lowest BCUT2D eigenvalue weighted by atomic mass is 10.0. The van der Waals surface area contributed by atoms with Crippen LogP contribution >= 0.6 is 11.3 Å². The van der Waals surface area contributed by atoms with Gasteiger partial charge in [-0.2, -0.15) is 0 Å². The summed E-state index contributed by atoms with van der Waals surface area (Å²) in [4.78, 5) is 18.3. The van der Waals surface area contributed by atoms with Gasteiger partial charge in [0, 0.05) is 18.6 Å². The Hall–Kier alpha value is -1.07. The number of methoxy groups -OCH3 is 1. The number of likely N-dealkylation sites (N-methyl/N-ethyl adjacent to an activating group) is 1. The van der Waals surface area contributed by atoms with Crippen LogP contribution < -0.4 is 4.74 Å². The van der Waals surface area contributed by atoms with Crippen molar-refractivity contribution in [3.05, 3.63) is 16.3 Å². The molecule has 0 aromatic carbocycles. The molecule has 1 amide bonds. The molecule has 2 saturated heterocycles. The van der Waals surface area contributed by atoms with Crippen molar-refractivity contribution in [1.82, 2.24) is 9.80 Å². The minimum absolute atomic E-state index is 0.160. The van der Waals surface area contributed by atoms with E-state index in [9.17, 15) is 4.79 Å². The number of thiophene rings is 1. The zero-order chi connectivity index (χ0) is 14.8. The van der Waals surface area contributed by atoms with Crippen molar-refractivity contribution in [2.45, 2.75) is 44.7 Å². The highest BCUT2D eigenvalue weighted by Crippen LogP contribution is 2.33. The van der Waals surface area contributed by atoms with Crippen molar-refractivity contribution >= 4 is 17.2 Å². The first-order valence-corrected chi connectivity index (χ1v) is 8.80. The Balaban J connectivity index is 1.79. The van der Waals surface area contributed by atoms with Crippen LogP contribution in [0, 0.1) is 0 Å². The van der Waals surface area contributed by atoms with Crippen LogP contribution in [0.15, 0.2) is 11.4 Å². The Bertz CT molecular complexity index is 502. The van der Waals surface area contributed by atoms with Crippen molar-refractivity contribution in [3.8, 4) is 5.75 Å². The minimum atomic E-state index is 0.160. The number of carbonyl (C=O) groups is 1. The average Bonchev–Trinajstić information content (AvgIpc) is 3.23. The topological polar surface area (TPSA) is 32.8 Å². The van der Waals surface area contributed by atoms with E-state index in [2.05, 4.69) is 16.7 Å². The third-order valence-corrected chi connectivity index (χ3v) is 5.75. The smallest absolute Gasteiger partial charge is 0.268 e. The minimum Gasteiger partial charge on any atom is -0.495 e. The predicted molar refractivity (Wildman–Crippen MR) is 85.2 cm³/mol. The van der Waals surface area contributed by atoms with E-state index >= 15 is 0 Å². The predicted octanol–water partition coefficient (Wildman–Crippen LogP) is 2.85. The lowest BCUT2D eigenvalue weighted by Gasteiger charge is -2.34. The fraction of sp³-hybridized carbons (Fsp3) is 0.688. The zero-order valence-corrected chi connectivity index (χ0v) is 13.7. The van der Waals surface area contributed by atoms with Crippen LogP contribution in [0.4, 0.5) is 0 Å². The summed E-state index contributed by atoms with van der Waals surface area (Å²) in [6, 6.07) is 2.82. The number of ether oxygens (including phenoxy) is 1. The number of hydrogen-bond donors (Lipinski definition) is 0. The summed E-state index contributed by atoms with van der Waals surface area (Å²) in [5, 5.41) is 1.94. The number of nitrogens with zero attached hydrogens (tertiary/aromatic N) is 2. The summed E-state index contributed by atoms with van der Waals surface area (Å²) < 4.78 is 5.32. The molecule has 4 nitrogen and oxygen atoms in total. The summed E-state index contributed by atoms with van der Waals surface area (Å²) in [6.45, 7) is 5.38. The molecule has 3 heterocycles. The maximum absolute atomic E-state index is 12.9. The van der Waals surface area contributed by atoms with E-state index < -0.39 is 0 Å². The summed E-state index contributed by atoms with van der Waals surface area (Å²) in [7, 11) is 1.64. The largest absolute Gasteiger partial charge is 0.495 e. The van der Waals surface area contributed by atoms with Crippen LogP contribution in [-0.4, -0.2) is 54.5 Å². The average molecular weight is 308 g/mol. The highest BCUT2D eigenvalue weighted by Gasteiger charge is 2.40. The first-order valence-electron chi connectivity index (χ1n) is 7.92. The van der Waals surface area contributed by atoms with Crippen molar-refractivity contribution in [1.29, 1.82) is 0 Å². The number of likely N-dealkylation sites (tertiary alicyclic amines) is 2. The van der Waals surface area contributed by atoms with Crippen molar-refractivity contribution < 1.29 is 9.53 Å². The molecule has 2 fully saturated rings. The molecule has 5 heteroatoms. The van der Waals surface area contributed by atoms with E-state index in [4.69, 9.17) is 4.74 Å². The zero-order valence-electron chi connectivity index (χ0n) is 12.9. The van der Waals surface area contributed by atoms with Crippen LogP contribution in [-0.2, 0) is 0 Å². The molecule has 0 bridgehead atoms. The van der Waals surface area contributed by atoms with Gasteiger partial charge < -0.3 is 9.64 Å². The molecule has 0 aliphatic carbocycles. The van der Waals surface area contributed by atoms with Gasteiger partial charge in [-0.15, -0.1) is 11.3 Å². The molecule has 0 radical (unpaired) electrons. The van der Waals surface area contributed by atoms with Gasteiger partial charge in [0.2, 0.25) is 0 Å². The maximum Gasteiger partial charge on any atom is 0.268 e. The van der Waals surface area contributed by atoms with Crippen LogP contribution in [0.3, 0.4) is 0 Å². The molecule has 1 aromatic heterocycles. The first kappa shape index (κ1) is 14.9. The van der Waals surface area contributed by atoms with Gasteiger partial charge in [0.15, 0.2) is 0 Å². The fourth-order valence-electron chi connectivity index (χ4n) is 3.87. The third kappa shape index (κ3) is 2.69. The summed E-state index contributed by atoms with van der Waals surface area (Å²) in [5.74, 6) is 0.877. The SMILES string of the molecule is CCN1CCC[C@H]1[C@H]1CCCN1C(=O)c1sccc1OC. The van der Waals surface area contributed by atoms with Gasteiger partial charge in [-0.3, -0.25) is 9.69 Å². The van der Waals surface area contributed by atoms with E-state index in [0.29, 0.717) is 12.1 Å². The molecule has 3 rings (SSSR count). The lowest BCUT2D eigenvalue weighted by molar-refractivity contribution is 0.0652. The molecule has 2 atom stereocenters. The van der Waals surface area contributed by atoms with E-state index in [1.165, 1.54) is 30.7 Å². The summed E-state index contributed by atoms with van der Waals surface area (Å²) in [5.41, 5.74) is 0. The van der Waals surface area contributed by atoms with Gasteiger partial charge in [-0.05, 0) is 50.2 Å². The molecular weight excluding hydrogens is 284 g/mol. The Morgan fingerprint density at radius 2 is 2.10 bits per heavy atom. The van der Waals surface area contributed by atoms with Crippen molar-refractivity contribution in [2.75, 3.05) is 26.7 Å². The number of hydrogen-bond acceptors (Lipinski definition) is 4. The van der Waals surface area contributed by atoms with Gasteiger partial charge >= 0.3 is 0 Å². The summed E-state index contributed by atoms with van der Waals surface area (Å²) >= 11 is 1.49. The van der Waals surface area contributed by atoms with Gasteiger partial charge in [0.25, 0.3) is 5.91 Å². The van der Waals surface area contributed by atoms with Gasteiger partial charge in [-0.25, -0.2) is 0 Å². The Morgan fingerprint density at radius 1 is 1.33 bits per heavy atom. The number of rotatable bonds is 4. The fourth-order valence-corrected chi connectivity index (χ4v) is 4.68. The quantitative estimate of drug-likeness (QED) is 0.857. The van der Waals surface area contributed by atoms with E-state index in [0.717, 1.165) is 36.6 Å². The van der Waals surface area contributed by atoms with Gasteiger partial charge in [0.05, 0.1) is 7.11 Å². The van der Waals surface area contributed by atoms with E-state index in [1.54, 1.807) is 7.11 Å². The van der Waals surface area contributed by atoms with Gasteiger partial charge in [-0.1, -0.05) is 6.92 Å².